The van der Waals surface area contributed by atoms with E-state index >= 15 is 0 Å². The molecule has 1 aliphatic rings. The van der Waals surface area contributed by atoms with Crippen LogP contribution in [0.1, 0.15) is 10.5 Å². The molecule has 0 unspecified atom stereocenters. The second-order valence-corrected chi connectivity index (χ2v) is 7.83. The fraction of sp³-hybridized carbons (Fsp3) is 0.278. The molecule has 1 aliphatic heterocycles. The van der Waals surface area contributed by atoms with Crippen molar-refractivity contribution in [3.63, 3.8) is 0 Å². The summed E-state index contributed by atoms with van der Waals surface area (Å²) in [5.41, 5.74) is 2.55. The van der Waals surface area contributed by atoms with Gasteiger partial charge in [-0.25, -0.2) is 9.97 Å². The van der Waals surface area contributed by atoms with Gasteiger partial charge in [0.05, 0.1) is 11.9 Å². The largest absolute Gasteiger partial charge is 0.368 e. The second kappa shape index (κ2) is 7.53. The van der Waals surface area contributed by atoms with Gasteiger partial charge < -0.3 is 15.1 Å². The van der Waals surface area contributed by atoms with Crippen LogP contribution in [0.25, 0.3) is 10.6 Å². The lowest BCUT2D eigenvalue weighted by Gasteiger charge is -2.33. The summed E-state index contributed by atoms with van der Waals surface area (Å²) in [4.78, 5) is 25.8. The Morgan fingerprint density at radius 1 is 1.15 bits per heavy atom. The minimum atomic E-state index is -0.234. The van der Waals surface area contributed by atoms with Gasteiger partial charge in [0.25, 0.3) is 5.91 Å². The molecular weight excluding hydrogens is 366 g/mol. The average molecular weight is 386 g/mol. The zero-order chi connectivity index (χ0) is 17.9. The van der Waals surface area contributed by atoms with Crippen LogP contribution in [0.3, 0.4) is 0 Å². The monoisotopic (exact) mass is 385 g/mol. The molecule has 0 radical (unpaired) electrons. The molecule has 0 atom stereocenters. The van der Waals surface area contributed by atoms with Gasteiger partial charge in [-0.3, -0.25) is 4.79 Å². The number of nitrogens with one attached hydrogen (secondary N) is 1. The summed E-state index contributed by atoms with van der Waals surface area (Å²) >= 11 is 3.09. The second-order valence-electron chi connectivity index (χ2n) is 6.20. The Morgan fingerprint density at radius 2 is 2.00 bits per heavy atom. The lowest BCUT2D eigenvalue weighted by Crippen LogP contribution is -2.44. The molecule has 0 aromatic carbocycles. The molecule has 3 aromatic heterocycles. The highest BCUT2D eigenvalue weighted by Gasteiger charge is 2.16. The Morgan fingerprint density at radius 3 is 2.69 bits per heavy atom. The summed E-state index contributed by atoms with van der Waals surface area (Å²) in [6, 6.07) is 5.85. The number of piperazine rings is 1. The molecule has 8 heteroatoms. The van der Waals surface area contributed by atoms with Crippen molar-refractivity contribution in [3.8, 4) is 10.6 Å². The lowest BCUT2D eigenvalue weighted by molar-refractivity contribution is 0.102. The van der Waals surface area contributed by atoms with Gasteiger partial charge in [0, 0.05) is 42.5 Å². The Hall–Kier alpha value is -2.29. The van der Waals surface area contributed by atoms with Crippen LogP contribution in [-0.4, -0.2) is 54.0 Å². The zero-order valence-electron chi connectivity index (χ0n) is 14.4. The van der Waals surface area contributed by atoms with Crippen molar-refractivity contribution < 1.29 is 4.79 Å². The van der Waals surface area contributed by atoms with E-state index in [4.69, 9.17) is 0 Å². The van der Waals surface area contributed by atoms with Crippen molar-refractivity contribution in [2.24, 2.45) is 0 Å². The van der Waals surface area contributed by atoms with Crippen molar-refractivity contribution in [3.05, 3.63) is 46.2 Å². The van der Waals surface area contributed by atoms with E-state index in [1.165, 1.54) is 11.3 Å². The zero-order valence-corrected chi connectivity index (χ0v) is 16.0. The van der Waals surface area contributed by atoms with Crippen LogP contribution >= 0.6 is 22.7 Å². The third kappa shape index (κ3) is 3.77. The van der Waals surface area contributed by atoms with E-state index in [-0.39, 0.29) is 5.91 Å². The van der Waals surface area contributed by atoms with E-state index < -0.39 is 0 Å². The van der Waals surface area contributed by atoms with E-state index in [0.717, 1.165) is 42.4 Å². The molecule has 3 aromatic rings. The number of rotatable bonds is 4. The first-order valence-corrected chi connectivity index (χ1v) is 10.2. The van der Waals surface area contributed by atoms with Crippen molar-refractivity contribution in [2.45, 2.75) is 0 Å². The van der Waals surface area contributed by atoms with E-state index in [2.05, 4.69) is 32.1 Å². The fourth-order valence-electron chi connectivity index (χ4n) is 2.79. The van der Waals surface area contributed by atoms with Gasteiger partial charge >= 0.3 is 0 Å². The number of hydrogen-bond donors (Lipinski definition) is 1. The number of carbonyl (C=O) groups excluding carboxylic acids is 1. The van der Waals surface area contributed by atoms with Crippen LogP contribution in [0.15, 0.2) is 40.5 Å². The van der Waals surface area contributed by atoms with Crippen LogP contribution in [0.5, 0.6) is 0 Å². The third-order valence-electron chi connectivity index (χ3n) is 4.36. The highest BCUT2D eigenvalue weighted by molar-refractivity contribution is 7.14. The first kappa shape index (κ1) is 17.1. The summed E-state index contributed by atoms with van der Waals surface area (Å²) in [5.74, 6) is 0.306. The molecule has 4 rings (SSSR count). The van der Waals surface area contributed by atoms with Gasteiger partial charge in [-0.15, -0.1) is 11.3 Å². The topological polar surface area (TPSA) is 61.4 Å². The molecule has 0 bridgehead atoms. The van der Waals surface area contributed by atoms with Gasteiger partial charge in [-0.1, -0.05) is 0 Å². The number of likely N-dealkylation sites (N-methyl/N-ethyl adjacent to an activating group) is 1. The summed E-state index contributed by atoms with van der Waals surface area (Å²) < 4.78 is 0. The van der Waals surface area contributed by atoms with E-state index in [1.54, 1.807) is 16.7 Å². The number of carbonyl (C=O) groups is 1. The SMILES string of the molecule is CN1CCN(c2ccc(NC(=O)c3csc(-c4ccsc4)n3)nc2)CC1. The van der Waals surface area contributed by atoms with E-state index in [1.807, 2.05) is 35.2 Å². The predicted molar refractivity (Wildman–Crippen MR) is 107 cm³/mol. The number of anilines is 2. The quantitative estimate of drug-likeness (QED) is 0.747. The van der Waals surface area contributed by atoms with Crippen molar-refractivity contribution in [1.82, 2.24) is 14.9 Å². The maximum absolute atomic E-state index is 12.4. The van der Waals surface area contributed by atoms with E-state index in [0.29, 0.717) is 11.5 Å². The molecule has 0 saturated carbocycles. The summed E-state index contributed by atoms with van der Waals surface area (Å²) in [5, 5.41) is 9.49. The number of aromatic nitrogens is 2. The maximum atomic E-state index is 12.4. The standard InChI is InChI=1S/C18H19N5OS2/c1-22-5-7-23(8-6-22)14-2-3-16(19-10-14)21-17(24)15-12-26-18(20-15)13-4-9-25-11-13/h2-4,9-12H,5-8H2,1H3,(H,19,21,24). The van der Waals surface area contributed by atoms with Gasteiger partial charge in [-0.05, 0) is 30.6 Å². The molecule has 134 valence electrons. The summed E-state index contributed by atoms with van der Waals surface area (Å²) in [6.07, 6.45) is 1.82. The number of thiazole rings is 1. The normalized spacial score (nSPS) is 15.2. The summed E-state index contributed by atoms with van der Waals surface area (Å²) in [7, 11) is 2.14. The van der Waals surface area contributed by atoms with Gasteiger partial charge in [-0.2, -0.15) is 11.3 Å². The fourth-order valence-corrected chi connectivity index (χ4v) is 4.30. The van der Waals surface area contributed by atoms with Crippen molar-refractivity contribution in [1.29, 1.82) is 0 Å². The Kier molecular flexibility index (Phi) is 4.96. The van der Waals surface area contributed by atoms with Crippen molar-refractivity contribution in [2.75, 3.05) is 43.4 Å². The molecule has 0 spiro atoms. The number of nitrogens with zero attached hydrogens (tertiary/aromatic N) is 4. The maximum Gasteiger partial charge on any atom is 0.276 e. The van der Waals surface area contributed by atoms with E-state index in [9.17, 15) is 4.79 Å². The van der Waals surface area contributed by atoms with Gasteiger partial charge in [0.1, 0.15) is 16.5 Å². The highest BCUT2D eigenvalue weighted by atomic mass is 32.1. The molecule has 4 heterocycles. The number of hydrogen-bond acceptors (Lipinski definition) is 7. The number of pyridine rings is 1. The van der Waals surface area contributed by atoms with Crippen LogP contribution in [0, 0.1) is 0 Å². The van der Waals surface area contributed by atoms with Crippen LogP contribution in [-0.2, 0) is 0 Å². The van der Waals surface area contributed by atoms with Crippen LogP contribution < -0.4 is 10.2 Å². The minimum Gasteiger partial charge on any atom is -0.368 e. The first-order valence-electron chi connectivity index (χ1n) is 8.38. The van der Waals surface area contributed by atoms with Gasteiger partial charge in [0.15, 0.2) is 0 Å². The molecule has 1 fully saturated rings. The highest BCUT2D eigenvalue weighted by Crippen LogP contribution is 2.26. The van der Waals surface area contributed by atoms with Gasteiger partial charge in [0.2, 0.25) is 0 Å². The Balaban J connectivity index is 1.40. The van der Waals surface area contributed by atoms with Crippen molar-refractivity contribution >= 4 is 40.1 Å². The number of thiophene rings is 1. The summed E-state index contributed by atoms with van der Waals surface area (Å²) in [6.45, 7) is 4.09. The average Bonchev–Trinajstić information content (AvgIpc) is 3.35. The lowest BCUT2D eigenvalue weighted by atomic mass is 10.3. The molecule has 26 heavy (non-hydrogen) atoms. The molecule has 6 nitrogen and oxygen atoms in total. The number of amides is 1. The Bertz CT molecular complexity index is 867. The third-order valence-corrected chi connectivity index (χ3v) is 5.94. The predicted octanol–water partition coefficient (Wildman–Crippen LogP) is 3.27. The minimum absolute atomic E-state index is 0.234. The first-order chi connectivity index (χ1) is 12.7. The molecular formula is C18H19N5OS2. The van der Waals surface area contributed by atoms with Crippen LogP contribution in [0.2, 0.25) is 0 Å². The Labute approximate surface area is 160 Å². The molecule has 0 aliphatic carbocycles. The molecule has 1 saturated heterocycles. The van der Waals surface area contributed by atoms with Crippen LogP contribution in [0.4, 0.5) is 11.5 Å². The molecule has 1 N–H and O–H groups in total. The smallest absolute Gasteiger partial charge is 0.276 e. The molecule has 1 amide bonds.